The van der Waals surface area contributed by atoms with Crippen molar-refractivity contribution in [3.05, 3.63) is 17.7 Å². The van der Waals surface area contributed by atoms with Gasteiger partial charge in [0, 0.05) is 13.8 Å². The maximum absolute atomic E-state index is 5.56. The summed E-state index contributed by atoms with van der Waals surface area (Å²) in [5.41, 5.74) is 6.44. The molecule has 0 aliphatic heterocycles. The van der Waals surface area contributed by atoms with E-state index in [-0.39, 0.29) is 0 Å². The van der Waals surface area contributed by atoms with E-state index >= 15 is 0 Å². The van der Waals surface area contributed by atoms with Gasteiger partial charge in [0.15, 0.2) is 11.7 Å². The predicted octanol–water partition coefficient (Wildman–Crippen LogP) is 1.02. The van der Waals surface area contributed by atoms with Crippen molar-refractivity contribution in [2.75, 3.05) is 7.05 Å². The first-order chi connectivity index (χ1) is 6.70. The molecule has 1 rings (SSSR count). The van der Waals surface area contributed by atoms with Gasteiger partial charge in [-0.25, -0.2) is 9.66 Å². The smallest absolute Gasteiger partial charge is 0.196 e. The van der Waals surface area contributed by atoms with Crippen LogP contribution in [0.1, 0.15) is 25.4 Å². The third kappa shape index (κ3) is 2.42. The zero-order valence-corrected chi connectivity index (χ0v) is 9.15. The van der Waals surface area contributed by atoms with Gasteiger partial charge in [0.05, 0.1) is 11.9 Å². The van der Waals surface area contributed by atoms with Gasteiger partial charge in [0.25, 0.3) is 0 Å². The van der Waals surface area contributed by atoms with E-state index in [1.54, 1.807) is 17.9 Å². The number of aliphatic imine (C=N–C) groups is 1. The highest BCUT2D eigenvalue weighted by molar-refractivity contribution is 5.94. The number of imidazole rings is 1. The Morgan fingerprint density at radius 3 is 2.57 bits per heavy atom. The van der Waals surface area contributed by atoms with Crippen molar-refractivity contribution in [3.63, 3.8) is 0 Å². The second-order valence-corrected chi connectivity index (χ2v) is 2.29. The number of nitrogens with two attached hydrogens (primary N) is 1. The van der Waals surface area contributed by atoms with Gasteiger partial charge in [-0.3, -0.25) is 4.99 Å². The average molecular weight is 195 g/mol. The second-order valence-electron chi connectivity index (χ2n) is 2.29. The van der Waals surface area contributed by atoms with Crippen molar-refractivity contribution in [1.82, 2.24) is 9.66 Å². The third-order valence-corrected chi connectivity index (χ3v) is 1.52. The van der Waals surface area contributed by atoms with Crippen LogP contribution in [0.15, 0.2) is 16.3 Å². The van der Waals surface area contributed by atoms with E-state index in [2.05, 4.69) is 21.8 Å². The Kier molecular flexibility index (Phi) is 5.21. The standard InChI is InChI=1S/C7H11N5.C2H6/c1-5-4-11-7(6(8)9-2)12(5)10-3;1-2/h4H,3H2,1-2H3,(H2,8,9);1-2H3. The van der Waals surface area contributed by atoms with E-state index in [4.69, 9.17) is 5.73 Å². The van der Waals surface area contributed by atoms with Gasteiger partial charge in [-0.1, -0.05) is 13.8 Å². The molecule has 14 heavy (non-hydrogen) atoms. The van der Waals surface area contributed by atoms with Crippen molar-refractivity contribution < 1.29 is 0 Å². The summed E-state index contributed by atoms with van der Waals surface area (Å²) in [4.78, 5) is 7.83. The first kappa shape index (κ1) is 12.3. The van der Waals surface area contributed by atoms with Crippen molar-refractivity contribution >= 4 is 12.6 Å². The van der Waals surface area contributed by atoms with Gasteiger partial charge in [-0.15, -0.1) is 0 Å². The van der Waals surface area contributed by atoms with Crippen LogP contribution < -0.4 is 5.73 Å². The van der Waals surface area contributed by atoms with E-state index in [0.717, 1.165) is 5.69 Å². The van der Waals surface area contributed by atoms with E-state index in [0.29, 0.717) is 11.7 Å². The SMILES string of the molecule is C=Nn1c(C)cnc1C(N)=NC.CC. The third-order valence-electron chi connectivity index (χ3n) is 1.52. The molecule has 5 heteroatoms. The number of aromatic nitrogens is 2. The Balaban J connectivity index is 0.000000791. The van der Waals surface area contributed by atoms with E-state index in [1.807, 2.05) is 20.8 Å². The molecule has 1 aromatic heterocycles. The Hall–Kier alpha value is -1.65. The van der Waals surface area contributed by atoms with E-state index < -0.39 is 0 Å². The van der Waals surface area contributed by atoms with Crippen LogP contribution in [0, 0.1) is 6.92 Å². The van der Waals surface area contributed by atoms with Crippen LogP contribution in [0.25, 0.3) is 0 Å². The van der Waals surface area contributed by atoms with Gasteiger partial charge >= 0.3 is 0 Å². The molecule has 0 amide bonds. The van der Waals surface area contributed by atoms with Crippen LogP contribution in [0.4, 0.5) is 0 Å². The quantitative estimate of drug-likeness (QED) is 0.565. The molecule has 0 unspecified atom stereocenters. The summed E-state index contributed by atoms with van der Waals surface area (Å²) in [7, 11) is 1.60. The van der Waals surface area contributed by atoms with Gasteiger partial charge < -0.3 is 5.73 Å². The molecule has 0 aliphatic carbocycles. The summed E-state index contributed by atoms with van der Waals surface area (Å²) in [6.45, 7) is 9.27. The summed E-state index contributed by atoms with van der Waals surface area (Å²) in [5, 5.41) is 3.74. The summed E-state index contributed by atoms with van der Waals surface area (Å²) in [6, 6.07) is 0. The lowest BCUT2D eigenvalue weighted by Crippen LogP contribution is -2.18. The highest BCUT2D eigenvalue weighted by Gasteiger charge is 2.07. The summed E-state index contributed by atoms with van der Waals surface area (Å²) in [6.07, 6.45) is 1.67. The van der Waals surface area contributed by atoms with Crippen LogP contribution in [0.5, 0.6) is 0 Å². The van der Waals surface area contributed by atoms with Crippen molar-refractivity contribution in [3.8, 4) is 0 Å². The Morgan fingerprint density at radius 1 is 1.57 bits per heavy atom. The topological polar surface area (TPSA) is 68.6 Å². The van der Waals surface area contributed by atoms with Gasteiger partial charge in [-0.05, 0) is 6.92 Å². The number of hydrogen-bond donors (Lipinski definition) is 1. The molecule has 78 valence electrons. The molecule has 0 spiro atoms. The maximum atomic E-state index is 5.56. The second kappa shape index (κ2) is 5.90. The van der Waals surface area contributed by atoms with E-state index in [1.165, 1.54) is 0 Å². The number of nitrogens with zero attached hydrogens (tertiary/aromatic N) is 4. The number of amidine groups is 1. The first-order valence-corrected chi connectivity index (χ1v) is 4.44. The molecule has 5 nitrogen and oxygen atoms in total. The summed E-state index contributed by atoms with van der Waals surface area (Å²) >= 11 is 0. The van der Waals surface area contributed by atoms with Crippen LogP contribution >= 0.6 is 0 Å². The van der Waals surface area contributed by atoms with Crippen molar-refractivity contribution in [2.24, 2.45) is 15.8 Å². The van der Waals surface area contributed by atoms with Gasteiger partial charge in [0.2, 0.25) is 0 Å². The minimum absolute atomic E-state index is 0.357. The monoisotopic (exact) mass is 195 g/mol. The fourth-order valence-electron chi connectivity index (χ4n) is 0.884. The molecule has 1 heterocycles. The Morgan fingerprint density at radius 2 is 2.14 bits per heavy atom. The minimum atomic E-state index is 0.357. The molecule has 2 N–H and O–H groups in total. The molecule has 0 atom stereocenters. The highest BCUT2D eigenvalue weighted by atomic mass is 15.4. The lowest BCUT2D eigenvalue weighted by molar-refractivity contribution is 0.835. The van der Waals surface area contributed by atoms with Crippen LogP contribution in [-0.2, 0) is 0 Å². The molecule has 0 fully saturated rings. The maximum Gasteiger partial charge on any atom is 0.196 e. The molecular weight excluding hydrogens is 178 g/mol. The fraction of sp³-hybridized carbons (Fsp3) is 0.444. The molecule has 0 saturated heterocycles. The number of rotatable bonds is 2. The fourth-order valence-corrected chi connectivity index (χ4v) is 0.884. The molecule has 0 saturated carbocycles. The first-order valence-electron chi connectivity index (χ1n) is 4.44. The molecule has 1 aromatic rings. The minimum Gasteiger partial charge on any atom is -0.381 e. The van der Waals surface area contributed by atoms with Crippen molar-refractivity contribution in [2.45, 2.75) is 20.8 Å². The predicted molar refractivity (Wildman–Crippen MR) is 59.9 cm³/mol. The Labute approximate surface area is 84.4 Å². The summed E-state index contributed by atoms with van der Waals surface area (Å²) < 4.78 is 1.54. The molecule has 0 bridgehead atoms. The average Bonchev–Trinajstić information content (AvgIpc) is 2.61. The largest absolute Gasteiger partial charge is 0.381 e. The molecule has 0 aliphatic rings. The lowest BCUT2D eigenvalue weighted by atomic mass is 10.5. The molecule has 0 aromatic carbocycles. The zero-order valence-electron chi connectivity index (χ0n) is 9.15. The number of hydrogen-bond acceptors (Lipinski definition) is 3. The lowest BCUT2D eigenvalue weighted by Gasteiger charge is -2.00. The zero-order chi connectivity index (χ0) is 11.1. The number of aryl methyl sites for hydroxylation is 1. The van der Waals surface area contributed by atoms with Crippen LogP contribution in [0.2, 0.25) is 0 Å². The van der Waals surface area contributed by atoms with Crippen LogP contribution in [-0.4, -0.2) is 29.3 Å². The molecular formula is C9H17N5. The molecule has 0 radical (unpaired) electrons. The van der Waals surface area contributed by atoms with Crippen LogP contribution in [0.3, 0.4) is 0 Å². The van der Waals surface area contributed by atoms with E-state index in [9.17, 15) is 0 Å². The Bertz CT molecular complexity index is 324. The van der Waals surface area contributed by atoms with Gasteiger partial charge in [0.1, 0.15) is 0 Å². The van der Waals surface area contributed by atoms with Gasteiger partial charge in [-0.2, -0.15) is 5.10 Å². The van der Waals surface area contributed by atoms with Crippen molar-refractivity contribution in [1.29, 1.82) is 0 Å². The normalized spacial score (nSPS) is 10.4. The highest BCUT2D eigenvalue weighted by Crippen LogP contribution is 2.02. The summed E-state index contributed by atoms with van der Waals surface area (Å²) in [5.74, 6) is 0.889.